The SMILES string of the molecule is CC(C)(C)C1CCC2(CC1)N=C(c1ccc(F)c(F)c1)C(=O)N2. The summed E-state index contributed by atoms with van der Waals surface area (Å²) in [6.07, 6.45) is 3.57. The summed E-state index contributed by atoms with van der Waals surface area (Å²) in [7, 11) is 0. The Bertz CT molecular complexity index is 668. The molecule has 1 heterocycles. The number of benzene rings is 1. The molecule has 0 bridgehead atoms. The first-order valence-corrected chi connectivity index (χ1v) is 8.08. The topological polar surface area (TPSA) is 41.5 Å². The van der Waals surface area contributed by atoms with Gasteiger partial charge < -0.3 is 5.32 Å². The largest absolute Gasteiger partial charge is 0.326 e. The molecule has 0 radical (unpaired) electrons. The molecule has 0 atom stereocenters. The molecule has 1 N–H and O–H groups in total. The molecule has 3 rings (SSSR count). The van der Waals surface area contributed by atoms with Crippen LogP contribution in [0.2, 0.25) is 0 Å². The van der Waals surface area contributed by atoms with Crippen LogP contribution in [0.3, 0.4) is 0 Å². The minimum absolute atomic E-state index is 0.207. The monoisotopic (exact) mass is 320 g/mol. The van der Waals surface area contributed by atoms with Crippen molar-refractivity contribution < 1.29 is 13.6 Å². The molecule has 5 heteroatoms. The molecule has 2 aliphatic rings. The zero-order valence-corrected chi connectivity index (χ0v) is 13.7. The number of aliphatic imine (C=N–C) groups is 1. The van der Waals surface area contributed by atoms with Crippen LogP contribution in [0.15, 0.2) is 23.2 Å². The second-order valence-corrected chi connectivity index (χ2v) is 7.72. The fourth-order valence-electron chi connectivity index (χ4n) is 3.60. The fourth-order valence-corrected chi connectivity index (χ4v) is 3.60. The summed E-state index contributed by atoms with van der Waals surface area (Å²) in [5.74, 6) is -1.58. The summed E-state index contributed by atoms with van der Waals surface area (Å²) in [4.78, 5) is 16.8. The summed E-state index contributed by atoms with van der Waals surface area (Å²) in [5, 5.41) is 2.97. The molecule has 1 aromatic rings. The third-order valence-electron chi connectivity index (χ3n) is 5.12. The highest BCUT2D eigenvalue weighted by atomic mass is 19.2. The first-order chi connectivity index (χ1) is 10.7. The Morgan fingerprint density at radius 1 is 1.17 bits per heavy atom. The number of carbonyl (C=O) groups is 1. The highest BCUT2D eigenvalue weighted by Crippen LogP contribution is 2.43. The molecule has 1 fully saturated rings. The maximum Gasteiger partial charge on any atom is 0.272 e. The lowest BCUT2D eigenvalue weighted by Gasteiger charge is -2.40. The van der Waals surface area contributed by atoms with E-state index in [4.69, 9.17) is 0 Å². The van der Waals surface area contributed by atoms with Crippen LogP contribution >= 0.6 is 0 Å². The summed E-state index contributed by atoms with van der Waals surface area (Å²) in [6, 6.07) is 3.46. The third-order valence-corrected chi connectivity index (χ3v) is 5.12. The predicted molar refractivity (Wildman–Crippen MR) is 85.2 cm³/mol. The molecule has 1 spiro atoms. The first kappa shape index (κ1) is 16.1. The highest BCUT2D eigenvalue weighted by Gasteiger charge is 2.44. The lowest BCUT2D eigenvalue weighted by Crippen LogP contribution is -2.46. The van der Waals surface area contributed by atoms with Gasteiger partial charge >= 0.3 is 0 Å². The van der Waals surface area contributed by atoms with E-state index >= 15 is 0 Å². The van der Waals surface area contributed by atoms with Crippen LogP contribution in [0.25, 0.3) is 0 Å². The van der Waals surface area contributed by atoms with E-state index < -0.39 is 17.3 Å². The van der Waals surface area contributed by atoms with Gasteiger partial charge in [-0.1, -0.05) is 20.8 Å². The van der Waals surface area contributed by atoms with E-state index in [1.807, 2.05) is 0 Å². The zero-order chi connectivity index (χ0) is 16.8. The minimum Gasteiger partial charge on any atom is -0.326 e. The van der Waals surface area contributed by atoms with Gasteiger partial charge in [-0.3, -0.25) is 9.79 Å². The van der Waals surface area contributed by atoms with Crippen LogP contribution in [-0.2, 0) is 4.79 Å². The van der Waals surface area contributed by atoms with E-state index in [0.717, 1.165) is 37.8 Å². The van der Waals surface area contributed by atoms with Crippen molar-refractivity contribution in [1.29, 1.82) is 0 Å². The molecular weight excluding hydrogens is 298 g/mol. The maximum absolute atomic E-state index is 13.4. The molecule has 3 nitrogen and oxygen atoms in total. The molecule has 1 aliphatic carbocycles. The van der Waals surface area contributed by atoms with E-state index in [0.29, 0.717) is 11.5 Å². The molecule has 0 saturated heterocycles. The Morgan fingerprint density at radius 2 is 1.83 bits per heavy atom. The summed E-state index contributed by atoms with van der Waals surface area (Å²) in [5.41, 5.74) is 0.213. The number of hydrogen-bond donors (Lipinski definition) is 1. The summed E-state index contributed by atoms with van der Waals surface area (Å²) in [6.45, 7) is 6.70. The number of halogens is 2. The van der Waals surface area contributed by atoms with Crippen LogP contribution in [-0.4, -0.2) is 17.3 Å². The Balaban J connectivity index is 1.83. The smallest absolute Gasteiger partial charge is 0.272 e. The molecule has 0 unspecified atom stereocenters. The van der Waals surface area contributed by atoms with Crippen LogP contribution in [0, 0.1) is 23.0 Å². The lowest BCUT2D eigenvalue weighted by molar-refractivity contribution is -0.115. The molecule has 1 amide bonds. The fraction of sp³-hybridized carbons (Fsp3) is 0.556. The van der Waals surface area contributed by atoms with Crippen molar-refractivity contribution in [3.8, 4) is 0 Å². The second-order valence-electron chi connectivity index (χ2n) is 7.72. The van der Waals surface area contributed by atoms with Gasteiger partial charge in [0.2, 0.25) is 0 Å². The van der Waals surface area contributed by atoms with Gasteiger partial charge in [-0.2, -0.15) is 0 Å². The quantitative estimate of drug-likeness (QED) is 0.840. The zero-order valence-electron chi connectivity index (χ0n) is 13.7. The Kier molecular flexibility index (Phi) is 3.77. The van der Waals surface area contributed by atoms with Gasteiger partial charge in [-0.15, -0.1) is 0 Å². The van der Waals surface area contributed by atoms with Gasteiger partial charge in [-0.25, -0.2) is 8.78 Å². The summed E-state index contributed by atoms with van der Waals surface area (Å²) < 4.78 is 26.5. The van der Waals surface area contributed by atoms with E-state index in [1.54, 1.807) is 0 Å². The number of hydrogen-bond acceptors (Lipinski definition) is 2. The number of rotatable bonds is 1. The van der Waals surface area contributed by atoms with Crippen molar-refractivity contribution in [2.75, 3.05) is 0 Å². The molecule has 0 aromatic heterocycles. The van der Waals surface area contributed by atoms with Gasteiger partial charge in [0.1, 0.15) is 11.4 Å². The Morgan fingerprint density at radius 3 is 2.39 bits per heavy atom. The van der Waals surface area contributed by atoms with Gasteiger partial charge in [0, 0.05) is 5.56 Å². The van der Waals surface area contributed by atoms with E-state index in [1.165, 1.54) is 6.07 Å². The summed E-state index contributed by atoms with van der Waals surface area (Å²) >= 11 is 0. The molecule has 23 heavy (non-hydrogen) atoms. The normalized spacial score (nSPS) is 28.0. The number of nitrogens with zero attached hydrogens (tertiary/aromatic N) is 1. The highest BCUT2D eigenvalue weighted by molar-refractivity contribution is 6.46. The molecule has 1 aliphatic heterocycles. The maximum atomic E-state index is 13.4. The van der Waals surface area contributed by atoms with Crippen LogP contribution < -0.4 is 5.32 Å². The number of carbonyl (C=O) groups excluding carboxylic acids is 1. The third kappa shape index (κ3) is 3.01. The van der Waals surface area contributed by atoms with Crippen LogP contribution in [0.1, 0.15) is 52.0 Å². The lowest BCUT2D eigenvalue weighted by atomic mass is 9.70. The van der Waals surface area contributed by atoms with Gasteiger partial charge in [0.15, 0.2) is 11.6 Å². The molecule has 1 aromatic carbocycles. The van der Waals surface area contributed by atoms with Crippen molar-refractivity contribution in [2.24, 2.45) is 16.3 Å². The van der Waals surface area contributed by atoms with E-state index in [2.05, 4.69) is 31.1 Å². The standard InChI is InChI=1S/C18H22F2N2O/c1-17(2,3)12-6-8-18(9-7-12)21-15(16(23)22-18)11-4-5-13(19)14(20)10-11/h4-5,10,12H,6-9H2,1-3H3,(H,22,23). The average Bonchev–Trinajstić information content (AvgIpc) is 2.78. The number of amides is 1. The Hall–Kier alpha value is -1.78. The van der Waals surface area contributed by atoms with Crippen molar-refractivity contribution in [3.63, 3.8) is 0 Å². The van der Waals surface area contributed by atoms with Crippen molar-refractivity contribution in [1.82, 2.24) is 5.32 Å². The molecule has 1 saturated carbocycles. The first-order valence-electron chi connectivity index (χ1n) is 8.08. The van der Waals surface area contributed by atoms with E-state index in [-0.39, 0.29) is 17.0 Å². The van der Waals surface area contributed by atoms with Gasteiger partial charge in [0.05, 0.1) is 0 Å². The molecular formula is C18H22F2N2O. The predicted octanol–water partition coefficient (Wildman–Crippen LogP) is 3.82. The van der Waals surface area contributed by atoms with Crippen LogP contribution in [0.4, 0.5) is 8.78 Å². The van der Waals surface area contributed by atoms with Gasteiger partial charge in [0.25, 0.3) is 5.91 Å². The average molecular weight is 320 g/mol. The van der Waals surface area contributed by atoms with Crippen molar-refractivity contribution in [2.45, 2.75) is 52.1 Å². The van der Waals surface area contributed by atoms with Crippen molar-refractivity contribution in [3.05, 3.63) is 35.4 Å². The van der Waals surface area contributed by atoms with Crippen molar-refractivity contribution >= 4 is 11.6 Å². The van der Waals surface area contributed by atoms with Gasteiger partial charge in [-0.05, 0) is 55.2 Å². The van der Waals surface area contributed by atoms with Crippen LogP contribution in [0.5, 0.6) is 0 Å². The number of nitrogens with one attached hydrogen (secondary N) is 1. The Labute approximate surface area is 135 Å². The molecule has 124 valence electrons. The second kappa shape index (κ2) is 5.39. The minimum atomic E-state index is -0.963. The van der Waals surface area contributed by atoms with E-state index in [9.17, 15) is 13.6 Å².